The van der Waals surface area contributed by atoms with Gasteiger partial charge in [0.2, 0.25) is 5.91 Å². The first-order chi connectivity index (χ1) is 16.7. The van der Waals surface area contributed by atoms with Crippen LogP contribution in [0.1, 0.15) is 43.4 Å². The molecule has 186 valence electrons. The maximum Gasteiger partial charge on any atom is 0.408 e. The Kier molecular flexibility index (Phi) is 6.95. The van der Waals surface area contributed by atoms with E-state index in [0.29, 0.717) is 18.8 Å². The topological polar surface area (TPSA) is 94.2 Å². The molecular weight excluding hydrogens is 455 g/mol. The van der Waals surface area contributed by atoms with Crippen LogP contribution in [0, 0.1) is 5.82 Å². The molecule has 1 fully saturated rings. The molecule has 2 amide bonds. The van der Waals surface area contributed by atoms with E-state index in [1.54, 1.807) is 26.8 Å². The van der Waals surface area contributed by atoms with Crippen molar-refractivity contribution in [3.63, 3.8) is 0 Å². The van der Waals surface area contributed by atoms with Gasteiger partial charge in [-0.3, -0.25) is 4.79 Å². The summed E-state index contributed by atoms with van der Waals surface area (Å²) >= 11 is 0. The van der Waals surface area contributed by atoms with E-state index in [1.165, 1.54) is 11.0 Å². The van der Waals surface area contributed by atoms with Crippen LogP contribution in [0.3, 0.4) is 0 Å². The molecule has 2 aliphatic rings. The highest BCUT2D eigenvalue weighted by molar-refractivity contribution is 5.94. The highest BCUT2D eigenvalue weighted by Gasteiger charge is 2.51. The Morgan fingerprint density at radius 1 is 1.20 bits per heavy atom. The second-order valence-corrected chi connectivity index (χ2v) is 9.10. The predicted molar refractivity (Wildman–Crippen MR) is 124 cm³/mol. The highest BCUT2D eigenvalue weighted by Crippen LogP contribution is 2.38. The molecule has 2 unspecified atom stereocenters. The Balaban J connectivity index is 1.61. The van der Waals surface area contributed by atoms with Crippen molar-refractivity contribution in [2.24, 2.45) is 0 Å². The number of hydrogen-bond acceptors (Lipinski definition) is 6. The van der Waals surface area contributed by atoms with Crippen molar-refractivity contribution in [3.05, 3.63) is 65.0 Å². The molecule has 2 aromatic carbocycles. The maximum atomic E-state index is 15.2. The van der Waals surface area contributed by atoms with E-state index in [2.05, 4.69) is 5.32 Å². The number of likely N-dealkylation sites (tertiary alicyclic amines) is 1. The molecular formula is C26H29FN2O6. The minimum absolute atomic E-state index is 0.0147. The van der Waals surface area contributed by atoms with Gasteiger partial charge in [-0.05, 0) is 43.5 Å². The lowest BCUT2D eigenvalue weighted by Crippen LogP contribution is -2.54. The molecule has 2 aromatic rings. The van der Waals surface area contributed by atoms with E-state index >= 15 is 4.39 Å². The van der Waals surface area contributed by atoms with Crippen LogP contribution in [0.2, 0.25) is 0 Å². The van der Waals surface area contributed by atoms with Gasteiger partial charge in [0.15, 0.2) is 0 Å². The summed E-state index contributed by atoms with van der Waals surface area (Å²) in [6.45, 7) is 5.47. The Bertz CT molecular complexity index is 1120. The van der Waals surface area contributed by atoms with Gasteiger partial charge in [-0.15, -0.1) is 0 Å². The van der Waals surface area contributed by atoms with E-state index in [1.807, 2.05) is 30.3 Å². The lowest BCUT2D eigenvalue weighted by molar-refractivity contribution is -0.160. The van der Waals surface area contributed by atoms with Crippen LogP contribution in [0.15, 0.2) is 42.5 Å². The Hall–Kier alpha value is -3.62. The van der Waals surface area contributed by atoms with Crippen LogP contribution in [0.25, 0.3) is 0 Å². The number of benzene rings is 2. The molecule has 0 spiro atoms. The number of ether oxygens (including phenoxy) is 3. The van der Waals surface area contributed by atoms with Gasteiger partial charge in [-0.2, -0.15) is 0 Å². The largest absolute Gasteiger partial charge is 0.493 e. The number of alkyl carbamates (subject to hydrolysis) is 1. The minimum Gasteiger partial charge on any atom is -0.493 e. The molecule has 8 nitrogen and oxygen atoms in total. The normalized spacial score (nSPS) is 19.2. The van der Waals surface area contributed by atoms with Crippen molar-refractivity contribution in [1.82, 2.24) is 10.2 Å². The first-order valence-corrected chi connectivity index (χ1v) is 11.6. The summed E-state index contributed by atoms with van der Waals surface area (Å²) < 4.78 is 31.1. The van der Waals surface area contributed by atoms with E-state index in [9.17, 15) is 14.4 Å². The molecule has 0 aromatic heterocycles. The molecule has 4 rings (SSSR count). The summed E-state index contributed by atoms with van der Waals surface area (Å²) in [5.41, 5.74) is 0.582. The number of amides is 2. The second kappa shape index (κ2) is 9.93. The molecule has 0 saturated carbocycles. The Morgan fingerprint density at radius 2 is 1.94 bits per heavy atom. The summed E-state index contributed by atoms with van der Waals surface area (Å²) in [5.74, 6) is -1.90. The molecule has 0 aliphatic carbocycles. The van der Waals surface area contributed by atoms with E-state index < -0.39 is 41.3 Å². The Morgan fingerprint density at radius 3 is 2.66 bits per heavy atom. The van der Waals surface area contributed by atoms with Gasteiger partial charge in [0, 0.05) is 24.9 Å². The third-order valence-corrected chi connectivity index (χ3v) is 6.46. The van der Waals surface area contributed by atoms with Crippen molar-refractivity contribution >= 4 is 18.0 Å². The minimum atomic E-state index is -1.31. The second-order valence-electron chi connectivity index (χ2n) is 9.10. The molecule has 2 atom stereocenters. The van der Waals surface area contributed by atoms with Crippen LogP contribution in [-0.4, -0.2) is 54.2 Å². The number of halogens is 1. The summed E-state index contributed by atoms with van der Waals surface area (Å²) in [5, 5.41) is 2.61. The third-order valence-electron chi connectivity index (χ3n) is 6.46. The monoisotopic (exact) mass is 484 g/mol. The van der Waals surface area contributed by atoms with Crippen LogP contribution < -0.4 is 10.1 Å². The predicted octanol–water partition coefficient (Wildman–Crippen LogP) is 3.32. The van der Waals surface area contributed by atoms with Crippen LogP contribution >= 0.6 is 0 Å². The number of fused-ring (bicyclic) bond motifs is 1. The molecule has 35 heavy (non-hydrogen) atoms. The van der Waals surface area contributed by atoms with Gasteiger partial charge < -0.3 is 24.4 Å². The summed E-state index contributed by atoms with van der Waals surface area (Å²) in [4.78, 5) is 40.1. The third kappa shape index (κ3) is 4.94. The summed E-state index contributed by atoms with van der Waals surface area (Å²) in [6.07, 6.45) is -0.184. The van der Waals surface area contributed by atoms with Crippen LogP contribution in [-0.2, 0) is 32.1 Å². The van der Waals surface area contributed by atoms with E-state index in [4.69, 9.17) is 14.2 Å². The molecule has 1 saturated heterocycles. The van der Waals surface area contributed by atoms with Crippen molar-refractivity contribution in [2.75, 3.05) is 19.8 Å². The molecule has 2 aliphatic heterocycles. The van der Waals surface area contributed by atoms with Crippen molar-refractivity contribution in [1.29, 1.82) is 0 Å². The molecule has 9 heteroatoms. The average Bonchev–Trinajstić information content (AvgIpc) is 3.42. The lowest BCUT2D eigenvalue weighted by Gasteiger charge is -2.33. The van der Waals surface area contributed by atoms with Crippen LogP contribution in [0.5, 0.6) is 5.75 Å². The zero-order chi connectivity index (χ0) is 25.2. The number of carbonyl (C=O) groups is 3. The van der Waals surface area contributed by atoms with Crippen LogP contribution in [0.4, 0.5) is 9.18 Å². The zero-order valence-corrected chi connectivity index (χ0v) is 20.0. The number of hydrogen-bond donors (Lipinski definition) is 1. The first kappa shape index (κ1) is 24.5. The fraction of sp³-hybridized carbons (Fsp3) is 0.423. The van der Waals surface area contributed by atoms with Crippen molar-refractivity contribution in [3.8, 4) is 5.75 Å². The highest BCUT2D eigenvalue weighted by atomic mass is 19.1. The fourth-order valence-corrected chi connectivity index (χ4v) is 4.49. The van der Waals surface area contributed by atoms with Gasteiger partial charge in [-0.1, -0.05) is 30.3 Å². The number of nitrogens with zero attached hydrogens (tertiary/aromatic N) is 1. The molecule has 1 N–H and O–H groups in total. The van der Waals surface area contributed by atoms with Gasteiger partial charge in [-0.25, -0.2) is 14.0 Å². The SMILES string of the molecule is CCOC(=O)C(C)(C)N1CC(c2cc3c(cc2F)OCC3)C(NC(=O)OCc2ccccc2)C1=O. The number of nitrogens with one attached hydrogen (secondary N) is 1. The summed E-state index contributed by atoms with van der Waals surface area (Å²) in [7, 11) is 0. The van der Waals surface area contributed by atoms with E-state index in [0.717, 1.165) is 11.1 Å². The average molecular weight is 485 g/mol. The lowest BCUT2D eigenvalue weighted by atomic mass is 9.91. The molecule has 2 heterocycles. The fourth-order valence-electron chi connectivity index (χ4n) is 4.49. The smallest absolute Gasteiger partial charge is 0.408 e. The standard InChI is InChI=1S/C26H29FN2O6/c1-4-33-24(31)26(2,3)29-14-19(18-12-17-10-11-34-21(17)13-20(18)27)22(23(29)30)28-25(32)35-15-16-8-6-5-7-9-16/h5-9,12-13,19,22H,4,10-11,14-15H2,1-3H3,(H,28,32). The zero-order valence-electron chi connectivity index (χ0n) is 20.0. The number of rotatable bonds is 7. The summed E-state index contributed by atoms with van der Waals surface area (Å²) in [6, 6.07) is 11.0. The van der Waals surface area contributed by atoms with Gasteiger partial charge >= 0.3 is 12.1 Å². The molecule has 0 bridgehead atoms. The number of esters is 1. The molecule has 0 radical (unpaired) electrons. The maximum absolute atomic E-state index is 15.2. The van der Waals surface area contributed by atoms with Gasteiger partial charge in [0.05, 0.1) is 13.2 Å². The number of carbonyl (C=O) groups excluding carboxylic acids is 3. The van der Waals surface area contributed by atoms with Crippen molar-refractivity contribution < 1.29 is 33.0 Å². The van der Waals surface area contributed by atoms with E-state index in [-0.39, 0.29) is 25.3 Å². The van der Waals surface area contributed by atoms with Gasteiger partial charge in [0.1, 0.15) is 29.8 Å². The van der Waals surface area contributed by atoms with Crippen molar-refractivity contribution in [2.45, 2.75) is 51.3 Å². The van der Waals surface area contributed by atoms with Gasteiger partial charge in [0.25, 0.3) is 0 Å². The first-order valence-electron chi connectivity index (χ1n) is 11.6. The Labute approximate surface area is 203 Å². The quantitative estimate of drug-likeness (QED) is 0.606.